The number of ether oxygens (including phenoxy) is 2. The summed E-state index contributed by atoms with van der Waals surface area (Å²) in [6.07, 6.45) is 0.883. The van der Waals surface area contributed by atoms with Gasteiger partial charge in [0.1, 0.15) is 6.04 Å². The molecule has 2 rings (SSSR count). The van der Waals surface area contributed by atoms with Gasteiger partial charge >= 0.3 is 0 Å². The fourth-order valence-electron chi connectivity index (χ4n) is 7.64. The van der Waals surface area contributed by atoms with E-state index < -0.39 is 36.3 Å². The van der Waals surface area contributed by atoms with Crippen molar-refractivity contribution in [3.63, 3.8) is 0 Å². The molecule has 0 saturated carbocycles. The molecule has 14 heteroatoms. The monoisotopic (exact) mass is 760 g/mol. The van der Waals surface area contributed by atoms with Crippen molar-refractivity contribution in [3.8, 4) is 0 Å². The number of hydrogen-bond acceptors (Lipinski definition) is 9. The molecule has 2 unspecified atom stereocenters. The summed E-state index contributed by atoms with van der Waals surface area (Å²) in [5, 5.41) is 8.53. The molecule has 0 aromatic heterocycles. The topological polar surface area (TPSA) is 176 Å². The highest BCUT2D eigenvalue weighted by molar-refractivity contribution is 5.90. The second kappa shape index (κ2) is 22.0. The van der Waals surface area contributed by atoms with Crippen LogP contribution in [0.4, 0.5) is 5.69 Å². The van der Waals surface area contributed by atoms with E-state index >= 15 is 0 Å². The van der Waals surface area contributed by atoms with E-state index in [2.05, 4.69) is 16.0 Å². The van der Waals surface area contributed by atoms with Crippen molar-refractivity contribution in [1.29, 1.82) is 0 Å². The summed E-state index contributed by atoms with van der Waals surface area (Å²) in [6, 6.07) is 5.17. The lowest BCUT2D eigenvalue weighted by Crippen LogP contribution is -2.59. The predicted octanol–water partition coefficient (Wildman–Crippen LogP) is 2.65. The van der Waals surface area contributed by atoms with E-state index in [1.54, 1.807) is 43.0 Å². The Morgan fingerprint density at radius 1 is 0.907 bits per heavy atom. The summed E-state index contributed by atoms with van der Waals surface area (Å²) < 4.78 is 11.9. The normalized spacial score (nSPS) is 18.4. The fourth-order valence-corrected chi connectivity index (χ4v) is 7.64. The van der Waals surface area contributed by atoms with Gasteiger partial charge in [0.25, 0.3) is 0 Å². The first kappa shape index (κ1) is 46.4. The number of likely N-dealkylation sites (N-methyl/N-ethyl adjacent to an activating group) is 2. The first-order valence-electron chi connectivity index (χ1n) is 19.4. The average Bonchev–Trinajstić information content (AvgIpc) is 3.61. The Hall–Kier alpha value is -3.75. The summed E-state index contributed by atoms with van der Waals surface area (Å²) in [7, 11) is 8.50. The highest BCUT2D eigenvalue weighted by Gasteiger charge is 2.43. The first-order valence-corrected chi connectivity index (χ1v) is 19.4. The molecule has 1 aromatic rings. The minimum absolute atomic E-state index is 0.0135. The van der Waals surface area contributed by atoms with Gasteiger partial charge in [0.05, 0.1) is 49.2 Å². The molecule has 1 saturated heterocycles. The molecule has 1 heterocycles. The number of nitrogens with one attached hydrogen (secondary N) is 3. The average molecular weight is 760 g/mol. The third kappa shape index (κ3) is 12.7. The summed E-state index contributed by atoms with van der Waals surface area (Å²) in [5.74, 6) is -2.11. The molecular formula is C40H69N7O7. The molecule has 1 aromatic carbocycles. The van der Waals surface area contributed by atoms with Crippen molar-refractivity contribution in [3.05, 3.63) is 29.8 Å². The van der Waals surface area contributed by atoms with Gasteiger partial charge < -0.3 is 41.0 Å². The standard InChI is InChI=1S/C40H69N7O7/c1-13-26(6)36(46(10)40(52)34(24(2)3)44-39(51)35(25(4)5)45(8)9)31(53-11)21-33(49)47-20-14-15-30(47)37(54-12)27(7)38(50)43-23-32(48)42-22-28-16-18-29(41)19-17-28/h16-19,24-27,30-31,34-37H,13-15,20-23,41H2,1-12H3,(H,42,48)(H,43,50)(H,44,51)/t26-,27+,30-,31+,34-,35?,36?,37+/m0/s1. The van der Waals surface area contributed by atoms with Gasteiger partial charge in [-0.15, -0.1) is 0 Å². The molecule has 1 aliphatic rings. The molecule has 1 aliphatic heterocycles. The van der Waals surface area contributed by atoms with Crippen molar-refractivity contribution in [2.24, 2.45) is 23.7 Å². The molecule has 5 amide bonds. The zero-order chi connectivity index (χ0) is 40.9. The van der Waals surface area contributed by atoms with Gasteiger partial charge in [-0.25, -0.2) is 0 Å². The molecule has 306 valence electrons. The number of carbonyl (C=O) groups excluding carboxylic acids is 5. The van der Waals surface area contributed by atoms with E-state index in [9.17, 15) is 24.0 Å². The van der Waals surface area contributed by atoms with Crippen LogP contribution in [0.2, 0.25) is 0 Å². The molecule has 54 heavy (non-hydrogen) atoms. The number of anilines is 1. The second-order valence-electron chi connectivity index (χ2n) is 15.7. The van der Waals surface area contributed by atoms with Crippen molar-refractivity contribution in [2.45, 2.75) is 117 Å². The highest BCUT2D eigenvalue weighted by atomic mass is 16.5. The van der Waals surface area contributed by atoms with Crippen LogP contribution in [-0.4, -0.2) is 129 Å². The summed E-state index contributed by atoms with van der Waals surface area (Å²) in [4.78, 5) is 72.8. The number of carbonyl (C=O) groups is 5. The maximum absolute atomic E-state index is 14.2. The molecule has 0 aliphatic carbocycles. The Labute approximate surface area is 323 Å². The van der Waals surface area contributed by atoms with Gasteiger partial charge in [-0.3, -0.25) is 28.9 Å². The number of methoxy groups -OCH3 is 2. The van der Waals surface area contributed by atoms with Crippen molar-refractivity contribution in [2.75, 3.05) is 54.2 Å². The number of benzene rings is 1. The van der Waals surface area contributed by atoms with Gasteiger partial charge in [-0.05, 0) is 62.4 Å². The van der Waals surface area contributed by atoms with Crippen LogP contribution in [0.25, 0.3) is 0 Å². The molecule has 8 atom stereocenters. The zero-order valence-corrected chi connectivity index (χ0v) is 34.8. The van der Waals surface area contributed by atoms with Crippen molar-refractivity contribution >= 4 is 35.2 Å². The molecule has 5 N–H and O–H groups in total. The Balaban J connectivity index is 2.17. The van der Waals surface area contributed by atoms with Crippen LogP contribution in [0, 0.1) is 23.7 Å². The van der Waals surface area contributed by atoms with E-state index in [0.29, 0.717) is 25.2 Å². The lowest BCUT2D eigenvalue weighted by atomic mass is 9.89. The minimum Gasteiger partial charge on any atom is -0.399 e. The third-order valence-corrected chi connectivity index (χ3v) is 10.8. The zero-order valence-electron chi connectivity index (χ0n) is 34.8. The first-order chi connectivity index (χ1) is 25.4. The Bertz CT molecular complexity index is 1360. The second-order valence-corrected chi connectivity index (χ2v) is 15.7. The van der Waals surface area contributed by atoms with Crippen LogP contribution >= 0.6 is 0 Å². The molecule has 1 fully saturated rings. The van der Waals surface area contributed by atoms with Gasteiger partial charge in [0.2, 0.25) is 29.5 Å². The maximum Gasteiger partial charge on any atom is 0.245 e. The van der Waals surface area contributed by atoms with E-state index in [0.717, 1.165) is 18.4 Å². The van der Waals surface area contributed by atoms with Crippen LogP contribution in [0.15, 0.2) is 24.3 Å². The Morgan fingerprint density at radius 2 is 1.54 bits per heavy atom. The SMILES string of the molecule is CC[C@H](C)C([C@@H](CC(=O)N1CCC[C@H]1[C@H](OC)[C@@H](C)C(=O)NCC(=O)NCc1ccc(N)cc1)OC)N(C)C(=O)[C@@H](NC(=O)C(C(C)C)N(C)C)C(C)C. The summed E-state index contributed by atoms with van der Waals surface area (Å²) >= 11 is 0. The Kier molecular flexibility index (Phi) is 18.9. The van der Waals surface area contributed by atoms with Gasteiger partial charge in [0.15, 0.2) is 0 Å². The number of likely N-dealkylation sites (tertiary alicyclic amines) is 1. The quantitative estimate of drug-likeness (QED) is 0.137. The summed E-state index contributed by atoms with van der Waals surface area (Å²) in [5.41, 5.74) is 7.24. The maximum atomic E-state index is 14.2. The molecule has 0 spiro atoms. The van der Waals surface area contributed by atoms with Crippen molar-refractivity contribution < 1.29 is 33.4 Å². The van der Waals surface area contributed by atoms with Crippen LogP contribution < -0.4 is 21.7 Å². The minimum atomic E-state index is -0.767. The van der Waals surface area contributed by atoms with E-state index in [1.165, 1.54) is 7.11 Å². The van der Waals surface area contributed by atoms with Gasteiger partial charge in [0, 0.05) is 40.0 Å². The number of rotatable bonds is 21. The smallest absolute Gasteiger partial charge is 0.245 e. The molecule has 0 radical (unpaired) electrons. The third-order valence-electron chi connectivity index (χ3n) is 10.8. The van der Waals surface area contributed by atoms with Crippen LogP contribution in [0.5, 0.6) is 0 Å². The largest absolute Gasteiger partial charge is 0.399 e. The fraction of sp³-hybridized carbons (Fsp3) is 0.725. The van der Waals surface area contributed by atoms with Crippen LogP contribution in [-0.2, 0) is 40.0 Å². The van der Waals surface area contributed by atoms with Crippen LogP contribution in [0.1, 0.15) is 79.7 Å². The molecule has 0 bridgehead atoms. The van der Waals surface area contributed by atoms with E-state index in [4.69, 9.17) is 15.2 Å². The van der Waals surface area contributed by atoms with E-state index in [-0.39, 0.29) is 66.3 Å². The lowest BCUT2D eigenvalue weighted by Gasteiger charge is -2.41. The number of nitrogen functional groups attached to an aromatic ring is 1. The number of hydrogen-bond donors (Lipinski definition) is 4. The van der Waals surface area contributed by atoms with Gasteiger partial charge in [-0.1, -0.05) is 67.0 Å². The number of nitrogens with two attached hydrogens (primary N) is 1. The summed E-state index contributed by atoms with van der Waals surface area (Å²) in [6.45, 7) is 14.2. The van der Waals surface area contributed by atoms with Crippen LogP contribution in [0.3, 0.4) is 0 Å². The lowest BCUT2D eigenvalue weighted by molar-refractivity contribution is -0.148. The Morgan fingerprint density at radius 3 is 2.06 bits per heavy atom. The van der Waals surface area contributed by atoms with Gasteiger partial charge in [-0.2, -0.15) is 0 Å². The predicted molar refractivity (Wildman–Crippen MR) is 211 cm³/mol. The van der Waals surface area contributed by atoms with E-state index in [1.807, 2.05) is 72.7 Å². The molecular weight excluding hydrogens is 690 g/mol. The van der Waals surface area contributed by atoms with Crippen molar-refractivity contribution in [1.82, 2.24) is 30.7 Å². The number of amides is 5. The highest BCUT2D eigenvalue weighted by Crippen LogP contribution is 2.29. The number of nitrogens with zero attached hydrogens (tertiary/aromatic N) is 3. The molecule has 14 nitrogen and oxygen atoms in total.